The number of anilines is 2. The van der Waals surface area contributed by atoms with Gasteiger partial charge in [-0.3, -0.25) is 0 Å². The van der Waals surface area contributed by atoms with E-state index in [0.29, 0.717) is 17.9 Å². The molecule has 2 N–H and O–H groups in total. The second-order valence-corrected chi connectivity index (χ2v) is 4.61. The molecular weight excluding hydrogens is 250 g/mol. The molecule has 102 valence electrons. The summed E-state index contributed by atoms with van der Waals surface area (Å²) in [7, 11) is 1.55. The zero-order chi connectivity index (χ0) is 13.2. The van der Waals surface area contributed by atoms with Gasteiger partial charge in [-0.1, -0.05) is 0 Å². The first-order valence-electron chi connectivity index (χ1n) is 6.07. The fourth-order valence-corrected chi connectivity index (χ4v) is 1.83. The molecule has 0 saturated heterocycles. The fraction of sp³-hybridized carbons (Fsp3) is 0.727. The molecular formula is C11H21N5OS. The van der Waals surface area contributed by atoms with Gasteiger partial charge in [-0.15, -0.1) is 0 Å². The number of rotatable bonds is 9. The minimum Gasteiger partial charge on any atom is -0.467 e. The highest BCUT2D eigenvalue weighted by atomic mass is 32.2. The maximum Gasteiger partial charge on any atom is 0.322 e. The molecule has 0 aromatic carbocycles. The highest BCUT2D eigenvalue weighted by molar-refractivity contribution is 7.98. The average molecular weight is 271 g/mol. The average Bonchev–Trinajstić information content (AvgIpc) is 2.38. The van der Waals surface area contributed by atoms with E-state index in [2.05, 4.69) is 31.8 Å². The molecule has 1 aromatic rings. The molecule has 1 heterocycles. The van der Waals surface area contributed by atoms with Crippen LogP contribution in [0.3, 0.4) is 0 Å². The van der Waals surface area contributed by atoms with Crippen LogP contribution in [0.15, 0.2) is 0 Å². The molecule has 1 rings (SSSR count). The number of methoxy groups -OCH3 is 1. The smallest absolute Gasteiger partial charge is 0.322 e. The minimum atomic E-state index is 0.326. The number of hydrogen-bond donors (Lipinski definition) is 2. The number of nitrogens with zero attached hydrogens (tertiary/aromatic N) is 3. The molecule has 1 aromatic heterocycles. The van der Waals surface area contributed by atoms with E-state index >= 15 is 0 Å². The Hall–Kier alpha value is -1.24. The summed E-state index contributed by atoms with van der Waals surface area (Å²) in [5, 5.41) is 6.23. The van der Waals surface area contributed by atoms with Crippen LogP contribution in [0.2, 0.25) is 0 Å². The molecule has 0 amide bonds. The number of aromatic nitrogens is 3. The van der Waals surface area contributed by atoms with Crippen LogP contribution in [-0.4, -0.2) is 47.2 Å². The van der Waals surface area contributed by atoms with Crippen molar-refractivity contribution in [2.45, 2.75) is 19.8 Å². The Morgan fingerprint density at radius 2 is 1.83 bits per heavy atom. The van der Waals surface area contributed by atoms with E-state index in [4.69, 9.17) is 4.74 Å². The van der Waals surface area contributed by atoms with E-state index in [1.807, 2.05) is 18.7 Å². The van der Waals surface area contributed by atoms with Gasteiger partial charge in [0.25, 0.3) is 0 Å². The fourth-order valence-electron chi connectivity index (χ4n) is 1.34. The largest absolute Gasteiger partial charge is 0.467 e. The van der Waals surface area contributed by atoms with E-state index in [1.54, 1.807) is 7.11 Å². The monoisotopic (exact) mass is 271 g/mol. The first kappa shape index (κ1) is 14.8. The highest BCUT2D eigenvalue weighted by Gasteiger charge is 2.05. The quantitative estimate of drug-likeness (QED) is 0.664. The van der Waals surface area contributed by atoms with Crippen LogP contribution in [0.4, 0.5) is 11.9 Å². The van der Waals surface area contributed by atoms with Crippen LogP contribution in [0.1, 0.15) is 19.8 Å². The molecule has 0 unspecified atom stereocenters. The number of unbranched alkanes of at least 4 members (excludes halogenated alkanes) is 1. The third kappa shape index (κ3) is 5.39. The number of ether oxygens (including phenoxy) is 1. The number of nitrogens with one attached hydrogen (secondary N) is 2. The molecule has 0 aliphatic heterocycles. The van der Waals surface area contributed by atoms with Crippen molar-refractivity contribution < 1.29 is 4.74 Å². The summed E-state index contributed by atoms with van der Waals surface area (Å²) in [5.74, 6) is 2.28. The molecule has 0 fully saturated rings. The maximum atomic E-state index is 5.04. The first-order valence-corrected chi connectivity index (χ1v) is 7.46. The van der Waals surface area contributed by atoms with Gasteiger partial charge in [0.2, 0.25) is 11.9 Å². The Labute approximate surface area is 112 Å². The summed E-state index contributed by atoms with van der Waals surface area (Å²) in [6, 6.07) is 0.326. The number of thioether (sulfide) groups is 1. The predicted octanol–water partition coefficient (Wildman–Crippen LogP) is 1.87. The first-order chi connectivity index (χ1) is 8.80. The van der Waals surface area contributed by atoms with Crippen LogP contribution in [0, 0.1) is 0 Å². The van der Waals surface area contributed by atoms with E-state index in [1.165, 1.54) is 12.2 Å². The Balaban J connectivity index is 2.50. The van der Waals surface area contributed by atoms with Gasteiger partial charge in [0.05, 0.1) is 7.11 Å². The normalized spacial score (nSPS) is 10.2. The van der Waals surface area contributed by atoms with E-state index < -0.39 is 0 Å². The van der Waals surface area contributed by atoms with Gasteiger partial charge in [-0.25, -0.2) is 0 Å². The van der Waals surface area contributed by atoms with Gasteiger partial charge in [-0.05, 0) is 31.8 Å². The summed E-state index contributed by atoms with van der Waals surface area (Å²) >= 11 is 1.86. The third-order valence-corrected chi connectivity index (χ3v) is 2.89. The molecule has 0 spiro atoms. The minimum absolute atomic E-state index is 0.326. The van der Waals surface area contributed by atoms with Gasteiger partial charge in [-0.2, -0.15) is 26.7 Å². The molecule has 0 radical (unpaired) electrons. The zero-order valence-electron chi connectivity index (χ0n) is 11.2. The summed E-state index contributed by atoms with van der Waals surface area (Å²) in [6.07, 6.45) is 4.41. The van der Waals surface area contributed by atoms with E-state index in [0.717, 1.165) is 19.5 Å². The van der Waals surface area contributed by atoms with Crippen molar-refractivity contribution in [3.63, 3.8) is 0 Å². The van der Waals surface area contributed by atoms with Crippen molar-refractivity contribution in [1.29, 1.82) is 0 Å². The second-order valence-electron chi connectivity index (χ2n) is 3.63. The van der Waals surface area contributed by atoms with Crippen LogP contribution in [0.25, 0.3) is 0 Å². The second kappa shape index (κ2) is 8.79. The summed E-state index contributed by atoms with van der Waals surface area (Å²) in [5.41, 5.74) is 0. The van der Waals surface area contributed by atoms with Crippen LogP contribution in [-0.2, 0) is 0 Å². The Bertz CT molecular complexity index is 350. The zero-order valence-corrected chi connectivity index (χ0v) is 12.0. The SMILES string of the molecule is CCNc1nc(NCCCCSC)nc(OC)n1. The third-order valence-electron chi connectivity index (χ3n) is 2.19. The van der Waals surface area contributed by atoms with E-state index in [9.17, 15) is 0 Å². The summed E-state index contributed by atoms with van der Waals surface area (Å²) in [4.78, 5) is 12.5. The topological polar surface area (TPSA) is 72.0 Å². The summed E-state index contributed by atoms with van der Waals surface area (Å²) in [6.45, 7) is 3.62. The van der Waals surface area contributed by atoms with Crippen LogP contribution in [0.5, 0.6) is 6.01 Å². The lowest BCUT2D eigenvalue weighted by molar-refractivity contribution is 0.379. The van der Waals surface area contributed by atoms with Gasteiger partial charge in [0.15, 0.2) is 0 Å². The van der Waals surface area contributed by atoms with Crippen LogP contribution < -0.4 is 15.4 Å². The predicted molar refractivity (Wildman–Crippen MR) is 76.6 cm³/mol. The highest BCUT2D eigenvalue weighted by Crippen LogP contribution is 2.10. The Morgan fingerprint density at radius 1 is 1.11 bits per heavy atom. The van der Waals surface area contributed by atoms with Crippen molar-refractivity contribution in [2.75, 3.05) is 42.8 Å². The lowest BCUT2D eigenvalue weighted by atomic mass is 10.3. The van der Waals surface area contributed by atoms with Crippen molar-refractivity contribution in [3.8, 4) is 6.01 Å². The van der Waals surface area contributed by atoms with Crippen LogP contribution >= 0.6 is 11.8 Å². The lowest BCUT2D eigenvalue weighted by Gasteiger charge is -2.08. The maximum absolute atomic E-state index is 5.04. The van der Waals surface area contributed by atoms with E-state index in [-0.39, 0.29) is 0 Å². The molecule has 0 bridgehead atoms. The molecule has 0 aliphatic carbocycles. The number of hydrogen-bond acceptors (Lipinski definition) is 7. The van der Waals surface area contributed by atoms with Gasteiger partial charge in [0.1, 0.15) is 0 Å². The van der Waals surface area contributed by atoms with Crippen molar-refractivity contribution in [2.24, 2.45) is 0 Å². The Kier molecular flexibility index (Phi) is 7.24. The molecule has 6 nitrogen and oxygen atoms in total. The molecule has 7 heteroatoms. The van der Waals surface area contributed by atoms with Gasteiger partial charge < -0.3 is 15.4 Å². The lowest BCUT2D eigenvalue weighted by Crippen LogP contribution is -2.11. The molecule has 0 saturated carbocycles. The Morgan fingerprint density at radius 3 is 2.44 bits per heavy atom. The van der Waals surface area contributed by atoms with Gasteiger partial charge >= 0.3 is 6.01 Å². The van der Waals surface area contributed by atoms with Crippen molar-refractivity contribution >= 4 is 23.7 Å². The van der Waals surface area contributed by atoms with Crippen molar-refractivity contribution in [3.05, 3.63) is 0 Å². The molecule has 0 aliphatic rings. The standard InChI is InChI=1S/C11H21N5OS/c1-4-12-9-14-10(16-11(15-9)17-2)13-7-5-6-8-18-3/h4-8H2,1-3H3,(H2,12,13,14,15,16). The van der Waals surface area contributed by atoms with Gasteiger partial charge in [0, 0.05) is 13.1 Å². The summed E-state index contributed by atoms with van der Waals surface area (Å²) < 4.78 is 5.04. The molecule has 18 heavy (non-hydrogen) atoms. The van der Waals surface area contributed by atoms with Crippen molar-refractivity contribution in [1.82, 2.24) is 15.0 Å². The molecule has 0 atom stereocenters.